The Morgan fingerprint density at radius 2 is 0.704 bits per heavy atom. The predicted octanol–water partition coefficient (Wildman–Crippen LogP) is 7.86. The highest BCUT2D eigenvalue weighted by molar-refractivity contribution is 5.67. The van der Waals surface area contributed by atoms with Gasteiger partial charge in [0.2, 0.25) is 0 Å². The summed E-state index contributed by atoms with van der Waals surface area (Å²) < 4.78 is 38.5. The number of likely N-dealkylation sites (tertiary alicyclic amines) is 4. The number of hydrogen-bond donors (Lipinski definition) is 2. The van der Waals surface area contributed by atoms with E-state index in [0.717, 1.165) is 150 Å². The molecular formula is C95H156Br2N6O12. The second kappa shape index (κ2) is 35.5. The van der Waals surface area contributed by atoms with E-state index in [1.54, 1.807) is 27.7 Å². The Labute approximate surface area is 714 Å². The van der Waals surface area contributed by atoms with Gasteiger partial charge in [-0.15, -0.1) is 0 Å². The van der Waals surface area contributed by atoms with Gasteiger partial charge in [-0.25, -0.2) is 0 Å². The van der Waals surface area contributed by atoms with E-state index in [0.29, 0.717) is 82.3 Å². The lowest BCUT2D eigenvalue weighted by molar-refractivity contribution is -0.937. The average Bonchev–Trinajstić information content (AvgIpc) is 1.59. The van der Waals surface area contributed by atoms with Crippen LogP contribution in [0.5, 0.6) is 0 Å². The summed E-state index contributed by atoms with van der Waals surface area (Å²) in [5.41, 5.74) is 1.08. The Kier molecular flexibility index (Phi) is 27.5. The summed E-state index contributed by atoms with van der Waals surface area (Å²) in [6.07, 6.45) is 38.9. The quantitative estimate of drug-likeness (QED) is 0.0743. The number of morpholine rings is 2. The number of fused-ring (bicyclic) bond motifs is 15. The molecule has 0 aromatic rings. The standard InChI is InChI=1S/C34H55N2O5.C32H53N2O3.C29H48N2O4.2BrH/c1-6-15-36(16-7-8-17-36)30-21-28-26-10-9-25-20-31(40-23(2)37)29(35-13-18-39-19-14-35)22-34(25,5)27(26)11-12-33(28,4)32(30)41-24(3)38;1-5-16-34(17-8-9-18-34)28-20-26-24-11-10-23-19-29(36)27(33-14-6-7-15-33)21-32(23,4)25(24)12-13-31(26,3)30(28)37-22(2)35;1-19(32)35-27-24(30-10-4-5-11-30)17-23-21-7-6-20-16-26(33)25(31-12-14-34-15-13-31)18-29(20,3)22(21)8-9-28(23,27)2;;/h6,25-32H,1,7-22H2,2-5H3;5,23-30,36H,1,6-21H2,2-4H3;20-27,33H,4-18H2,1-3H3;2*1H/q2*+1;;;/p-2/t25?,26?,27?,28?,29-,30-,31-,32-,33-,34-;23?,24?,25?,26?,27?,28?,29-,30-,31-,32-;20?,21?,22?,23?,24-,25-,26-,27-,28-,29-;;/m000../s1. The molecule has 12 saturated carbocycles. The summed E-state index contributed by atoms with van der Waals surface area (Å²) in [6.45, 7) is 48.3. The molecule has 6 aliphatic heterocycles. The number of aliphatic hydroxyl groups excluding tert-OH is 2. The van der Waals surface area contributed by atoms with E-state index in [2.05, 4.69) is 86.5 Å². The summed E-state index contributed by atoms with van der Waals surface area (Å²) in [7, 11) is 0. The van der Waals surface area contributed by atoms with Crippen LogP contribution in [0.1, 0.15) is 255 Å². The zero-order valence-electron chi connectivity index (χ0n) is 73.1. The van der Waals surface area contributed by atoms with Gasteiger partial charge in [0.25, 0.3) is 0 Å². The molecule has 12 aliphatic carbocycles. The molecule has 18 rings (SSSR count). The van der Waals surface area contributed by atoms with E-state index < -0.39 is 0 Å². The first-order valence-corrected chi connectivity index (χ1v) is 47.2. The average molecular weight is 1730 g/mol. The minimum Gasteiger partial charge on any atom is -1.00 e. The lowest BCUT2D eigenvalue weighted by Gasteiger charge is -2.62. The van der Waals surface area contributed by atoms with Crippen molar-refractivity contribution < 1.29 is 101 Å². The van der Waals surface area contributed by atoms with E-state index in [1.165, 1.54) is 187 Å². The fourth-order valence-corrected chi connectivity index (χ4v) is 33.4. The van der Waals surface area contributed by atoms with Crippen LogP contribution in [0, 0.1) is 104 Å². The number of hydrogen-bond acceptors (Lipinski definition) is 16. The topological polar surface area (TPSA) is 177 Å². The maximum Gasteiger partial charge on any atom is 0.303 e. The molecular weight excluding hydrogens is 1580 g/mol. The fraction of sp³-hybridized carbons (Fsp3) is 0.916. The zero-order chi connectivity index (χ0) is 79.4. The number of aliphatic hydroxyl groups is 2. The van der Waals surface area contributed by atoms with Gasteiger partial charge < -0.3 is 81.6 Å². The Morgan fingerprint density at radius 3 is 1.08 bits per heavy atom. The molecule has 6 heterocycles. The highest BCUT2D eigenvalue weighted by Gasteiger charge is 2.72. The third-order valence-electron chi connectivity index (χ3n) is 38.6. The van der Waals surface area contributed by atoms with Gasteiger partial charge in [0.1, 0.15) is 24.3 Å². The number of ether oxygens (including phenoxy) is 6. The summed E-state index contributed by atoms with van der Waals surface area (Å²) in [5.74, 6) is 7.54. The van der Waals surface area contributed by atoms with Crippen molar-refractivity contribution in [3.05, 3.63) is 25.3 Å². The Hall–Kier alpha value is -2.08. The fourth-order valence-electron chi connectivity index (χ4n) is 33.4. The number of quaternary nitrogens is 2. The van der Waals surface area contributed by atoms with Crippen LogP contribution in [0.2, 0.25) is 0 Å². The summed E-state index contributed by atoms with van der Waals surface area (Å²) in [6, 6.07) is 2.09. The van der Waals surface area contributed by atoms with Crippen LogP contribution in [0.4, 0.5) is 0 Å². The van der Waals surface area contributed by atoms with E-state index in [-0.39, 0.29) is 128 Å². The third-order valence-corrected chi connectivity index (χ3v) is 38.6. The molecule has 0 aromatic heterocycles. The smallest absolute Gasteiger partial charge is 0.303 e. The van der Waals surface area contributed by atoms with Crippen LogP contribution >= 0.6 is 0 Å². The Morgan fingerprint density at radius 1 is 0.383 bits per heavy atom. The first kappa shape index (κ1) is 89.2. The van der Waals surface area contributed by atoms with Gasteiger partial charge in [0, 0.05) is 133 Å². The van der Waals surface area contributed by atoms with Gasteiger partial charge in [-0.3, -0.25) is 38.8 Å². The van der Waals surface area contributed by atoms with Crippen molar-refractivity contribution in [3.63, 3.8) is 0 Å². The Balaban J connectivity index is 0.000000142. The van der Waals surface area contributed by atoms with Crippen molar-refractivity contribution in [1.29, 1.82) is 0 Å². The molecule has 0 aromatic carbocycles. The van der Waals surface area contributed by atoms with Gasteiger partial charge in [0.15, 0.2) is 12.2 Å². The first-order valence-electron chi connectivity index (χ1n) is 47.2. The summed E-state index contributed by atoms with van der Waals surface area (Å²) in [5, 5.41) is 22.4. The minimum atomic E-state index is -0.198. The molecule has 652 valence electrons. The van der Waals surface area contributed by atoms with E-state index in [4.69, 9.17) is 28.4 Å². The molecule has 18 aliphatic rings. The van der Waals surface area contributed by atoms with Gasteiger partial charge in [-0.2, -0.15) is 0 Å². The second-order valence-electron chi connectivity index (χ2n) is 43.4. The molecule has 18 nitrogen and oxygen atoms in total. The van der Waals surface area contributed by atoms with Crippen molar-refractivity contribution in [2.75, 3.05) is 118 Å². The number of esters is 4. The molecule has 115 heavy (non-hydrogen) atoms. The number of carbonyl (C=O) groups is 4. The van der Waals surface area contributed by atoms with Crippen LogP contribution in [0.15, 0.2) is 25.3 Å². The molecule has 0 radical (unpaired) electrons. The lowest BCUT2D eigenvalue weighted by Crippen LogP contribution is -3.00. The molecule has 14 unspecified atom stereocenters. The highest BCUT2D eigenvalue weighted by atomic mass is 79.9. The van der Waals surface area contributed by atoms with E-state index >= 15 is 0 Å². The monoisotopic (exact) mass is 1730 g/mol. The van der Waals surface area contributed by atoms with Gasteiger partial charge in [0.05, 0.1) is 77.9 Å². The van der Waals surface area contributed by atoms with Crippen molar-refractivity contribution in [1.82, 2.24) is 19.6 Å². The van der Waals surface area contributed by atoms with Gasteiger partial charge in [-0.05, 0) is 273 Å². The summed E-state index contributed by atoms with van der Waals surface area (Å²) >= 11 is 0. The first-order chi connectivity index (χ1) is 54.1. The van der Waals surface area contributed by atoms with Crippen molar-refractivity contribution in [3.8, 4) is 0 Å². The number of halogens is 2. The molecule has 0 spiro atoms. The SMILES string of the molecule is C=CC[N+]1(C2CC3C4CCC5C[C@H](O)C(N6CCCC6)C[C@]5(C)C4CC[C@]3(C)[C@H]2OC(C)=O)CCCC1.C=CC[N+]1([C@H]2CC3C4CCC5C[C@H](OC(C)=O)[C@@H](N6CCOCC6)C[C@]5(C)C4CC[C@]3(C)[C@H]2OC(C)=O)CCCC1.CC(=O)O[C@H]1[C@@H](N2CCCC2)CC2C3CCC4C[C@H](O)[C@@H](N5CCOCC5)C[C@]4(C)C3CC[C@@]21C.[Br-].[Br-]. The number of carbonyl (C=O) groups excluding carboxylic acids is 4. The normalized spacial score (nSPS) is 47.6. The molecule has 2 N–H and O–H groups in total. The molecule has 20 heteroatoms. The zero-order valence-corrected chi connectivity index (χ0v) is 76.2. The van der Waals surface area contributed by atoms with E-state index in [1.807, 2.05) is 0 Å². The second-order valence-corrected chi connectivity index (χ2v) is 43.4. The number of nitrogens with zero attached hydrogens (tertiary/aromatic N) is 6. The maximum absolute atomic E-state index is 12.6. The predicted molar refractivity (Wildman–Crippen MR) is 439 cm³/mol. The third kappa shape index (κ3) is 16.1. The molecule has 18 fully saturated rings. The van der Waals surface area contributed by atoms with Gasteiger partial charge >= 0.3 is 23.9 Å². The summed E-state index contributed by atoms with van der Waals surface area (Å²) in [4.78, 5) is 59.8. The van der Waals surface area contributed by atoms with Crippen molar-refractivity contribution in [2.45, 2.75) is 328 Å². The maximum atomic E-state index is 12.6. The molecule has 30 atom stereocenters. The van der Waals surface area contributed by atoms with Crippen LogP contribution in [-0.2, 0) is 47.6 Å². The van der Waals surface area contributed by atoms with Crippen LogP contribution in [-0.4, -0.2) is 254 Å². The molecule has 6 saturated heterocycles. The minimum absolute atomic E-state index is 0. The van der Waals surface area contributed by atoms with Crippen LogP contribution in [0.25, 0.3) is 0 Å². The lowest BCUT2D eigenvalue weighted by atomic mass is 9.44. The van der Waals surface area contributed by atoms with Crippen molar-refractivity contribution in [2.24, 2.45) is 104 Å². The number of rotatable bonds is 14. The van der Waals surface area contributed by atoms with Crippen LogP contribution < -0.4 is 34.0 Å². The largest absolute Gasteiger partial charge is 1.00 e. The Bertz CT molecular complexity index is 3370. The van der Waals surface area contributed by atoms with Crippen LogP contribution in [0.3, 0.4) is 0 Å². The van der Waals surface area contributed by atoms with Crippen molar-refractivity contribution >= 4 is 23.9 Å². The highest BCUT2D eigenvalue weighted by Crippen LogP contribution is 2.72. The molecule has 0 amide bonds. The van der Waals surface area contributed by atoms with E-state index in [9.17, 15) is 29.4 Å². The van der Waals surface area contributed by atoms with Gasteiger partial charge in [-0.1, -0.05) is 54.7 Å². The molecule has 0 bridgehead atoms.